The van der Waals surface area contributed by atoms with E-state index >= 15 is 0 Å². The number of likely N-dealkylation sites (tertiary alicyclic amines) is 1. The number of aromatic nitrogens is 2. The average molecular weight is 356 g/mol. The van der Waals surface area contributed by atoms with E-state index in [1.54, 1.807) is 6.92 Å². The van der Waals surface area contributed by atoms with E-state index in [2.05, 4.69) is 4.98 Å². The first-order chi connectivity index (χ1) is 12.6. The predicted octanol–water partition coefficient (Wildman–Crippen LogP) is 2.63. The first-order valence-electron chi connectivity index (χ1n) is 10.0. The Hall–Kier alpha value is -1.98. The van der Waals surface area contributed by atoms with E-state index in [-0.39, 0.29) is 17.9 Å². The molecule has 4 rings (SSSR count). The Morgan fingerprint density at radius 2 is 1.88 bits per heavy atom. The summed E-state index contributed by atoms with van der Waals surface area (Å²) >= 11 is 0. The predicted molar refractivity (Wildman–Crippen MR) is 97.1 cm³/mol. The maximum Gasteiger partial charge on any atom is 0.225 e. The first kappa shape index (κ1) is 17.4. The third-order valence-corrected chi connectivity index (χ3v) is 6.17. The molecule has 1 unspecified atom stereocenters. The smallest absolute Gasteiger partial charge is 0.225 e. The molecule has 26 heavy (non-hydrogen) atoms. The molecule has 1 saturated carbocycles. The number of hydrogen-bond acceptors (Lipinski definition) is 4. The molecule has 0 spiro atoms. The van der Waals surface area contributed by atoms with Gasteiger partial charge in [0.25, 0.3) is 0 Å². The Bertz CT molecular complexity index is 699. The summed E-state index contributed by atoms with van der Waals surface area (Å²) in [6.07, 6.45) is 10.3. The van der Waals surface area contributed by atoms with Crippen LogP contribution in [0.25, 0.3) is 0 Å². The molecule has 1 aromatic rings. The molecule has 2 fully saturated rings. The molecule has 2 amide bonds. The highest BCUT2D eigenvalue weighted by atomic mass is 16.2. The molecule has 1 aromatic heterocycles. The molecular formula is C20H28N4O2. The maximum atomic E-state index is 12.8. The molecule has 6 nitrogen and oxygen atoms in total. The normalized spacial score (nSPS) is 23.8. The van der Waals surface area contributed by atoms with Crippen molar-refractivity contribution >= 4 is 11.8 Å². The SMILES string of the molecule is CC(=O)N1CCCC1c1ncc2c(n1)CCN(C(=O)C1CCCCC1)C2. The van der Waals surface area contributed by atoms with E-state index < -0.39 is 0 Å². The third kappa shape index (κ3) is 3.33. The second-order valence-electron chi connectivity index (χ2n) is 7.92. The van der Waals surface area contributed by atoms with E-state index in [0.717, 1.165) is 62.3 Å². The first-order valence-corrected chi connectivity index (χ1v) is 10.0. The lowest BCUT2D eigenvalue weighted by molar-refractivity contribution is -0.137. The summed E-state index contributed by atoms with van der Waals surface area (Å²) in [5, 5.41) is 0. The Morgan fingerprint density at radius 1 is 1.08 bits per heavy atom. The van der Waals surface area contributed by atoms with Crippen LogP contribution in [-0.4, -0.2) is 44.7 Å². The molecule has 0 bridgehead atoms. The highest BCUT2D eigenvalue weighted by molar-refractivity contribution is 5.79. The Labute approximate surface area is 155 Å². The zero-order chi connectivity index (χ0) is 18.1. The van der Waals surface area contributed by atoms with Crippen molar-refractivity contribution in [3.8, 4) is 0 Å². The fourth-order valence-electron chi connectivity index (χ4n) is 4.70. The molecule has 0 N–H and O–H groups in total. The van der Waals surface area contributed by atoms with Gasteiger partial charge >= 0.3 is 0 Å². The van der Waals surface area contributed by atoms with Gasteiger partial charge in [-0.15, -0.1) is 0 Å². The molecule has 0 aromatic carbocycles. The summed E-state index contributed by atoms with van der Waals surface area (Å²) < 4.78 is 0. The van der Waals surface area contributed by atoms with E-state index in [9.17, 15) is 9.59 Å². The van der Waals surface area contributed by atoms with Crippen molar-refractivity contribution in [3.05, 3.63) is 23.3 Å². The van der Waals surface area contributed by atoms with Gasteiger partial charge in [-0.25, -0.2) is 9.97 Å². The van der Waals surface area contributed by atoms with Gasteiger partial charge < -0.3 is 9.80 Å². The molecule has 0 radical (unpaired) electrons. The molecular weight excluding hydrogens is 328 g/mol. The van der Waals surface area contributed by atoms with E-state index in [1.807, 2.05) is 16.0 Å². The minimum atomic E-state index is 0.0136. The maximum absolute atomic E-state index is 12.8. The van der Waals surface area contributed by atoms with Crippen LogP contribution in [-0.2, 0) is 22.6 Å². The van der Waals surface area contributed by atoms with Crippen molar-refractivity contribution in [1.82, 2.24) is 19.8 Å². The van der Waals surface area contributed by atoms with Crippen molar-refractivity contribution in [3.63, 3.8) is 0 Å². The largest absolute Gasteiger partial charge is 0.338 e. The van der Waals surface area contributed by atoms with Gasteiger partial charge in [0.1, 0.15) is 0 Å². The van der Waals surface area contributed by atoms with Gasteiger partial charge in [0, 0.05) is 50.7 Å². The lowest BCUT2D eigenvalue weighted by Gasteiger charge is -2.33. The molecule has 140 valence electrons. The van der Waals surface area contributed by atoms with Crippen LogP contribution in [0.1, 0.15) is 75.0 Å². The van der Waals surface area contributed by atoms with E-state index in [4.69, 9.17) is 4.98 Å². The number of hydrogen-bond donors (Lipinski definition) is 0. The van der Waals surface area contributed by atoms with Gasteiger partial charge in [0.15, 0.2) is 5.82 Å². The highest BCUT2D eigenvalue weighted by Crippen LogP contribution is 2.31. The fraction of sp³-hybridized carbons (Fsp3) is 0.700. The van der Waals surface area contributed by atoms with Crippen molar-refractivity contribution in [2.24, 2.45) is 5.92 Å². The summed E-state index contributed by atoms with van der Waals surface area (Å²) in [5.41, 5.74) is 2.12. The van der Waals surface area contributed by atoms with Crippen LogP contribution >= 0.6 is 0 Å². The molecule has 3 heterocycles. The number of carbonyl (C=O) groups is 2. The number of nitrogens with zero attached hydrogens (tertiary/aromatic N) is 4. The second-order valence-corrected chi connectivity index (χ2v) is 7.92. The Balaban J connectivity index is 1.47. The van der Waals surface area contributed by atoms with Crippen molar-refractivity contribution in [1.29, 1.82) is 0 Å². The van der Waals surface area contributed by atoms with Gasteiger partial charge in [0.05, 0.1) is 11.7 Å². The Morgan fingerprint density at radius 3 is 2.65 bits per heavy atom. The van der Waals surface area contributed by atoms with E-state index in [0.29, 0.717) is 12.5 Å². The highest BCUT2D eigenvalue weighted by Gasteiger charge is 2.32. The van der Waals surface area contributed by atoms with Gasteiger partial charge in [-0.3, -0.25) is 9.59 Å². The number of fused-ring (bicyclic) bond motifs is 1. The number of amides is 2. The molecule has 3 aliphatic rings. The molecule has 1 atom stereocenters. The Kier molecular flexibility index (Phi) is 4.92. The third-order valence-electron chi connectivity index (χ3n) is 6.17. The van der Waals surface area contributed by atoms with Crippen LogP contribution in [0.15, 0.2) is 6.20 Å². The van der Waals surface area contributed by atoms with E-state index in [1.165, 1.54) is 19.3 Å². The quantitative estimate of drug-likeness (QED) is 0.817. The van der Waals surface area contributed by atoms with Gasteiger partial charge in [0.2, 0.25) is 11.8 Å². The fourth-order valence-corrected chi connectivity index (χ4v) is 4.70. The van der Waals surface area contributed by atoms with Gasteiger partial charge in [-0.05, 0) is 25.7 Å². The number of carbonyl (C=O) groups excluding carboxylic acids is 2. The van der Waals surface area contributed by atoms with Crippen LogP contribution in [0, 0.1) is 5.92 Å². The minimum absolute atomic E-state index is 0.0136. The zero-order valence-electron chi connectivity index (χ0n) is 15.6. The standard InChI is InChI=1S/C20H28N4O2/c1-14(25)24-10-5-8-18(24)19-21-12-16-13-23(11-9-17(16)22-19)20(26)15-6-3-2-4-7-15/h12,15,18H,2-11,13H2,1H3. The van der Waals surface area contributed by atoms with Crippen LogP contribution in [0.3, 0.4) is 0 Å². The van der Waals surface area contributed by atoms with Crippen LogP contribution in [0.2, 0.25) is 0 Å². The summed E-state index contributed by atoms with van der Waals surface area (Å²) in [6, 6.07) is 0.0136. The van der Waals surface area contributed by atoms with Gasteiger partial charge in [-0.1, -0.05) is 19.3 Å². The molecule has 2 aliphatic heterocycles. The van der Waals surface area contributed by atoms with Crippen molar-refractivity contribution in [2.75, 3.05) is 13.1 Å². The molecule has 1 saturated heterocycles. The van der Waals surface area contributed by atoms with Crippen molar-refractivity contribution in [2.45, 2.75) is 70.9 Å². The summed E-state index contributed by atoms with van der Waals surface area (Å²) in [5.74, 6) is 1.40. The molecule has 6 heteroatoms. The monoisotopic (exact) mass is 356 g/mol. The summed E-state index contributed by atoms with van der Waals surface area (Å²) in [6.45, 7) is 3.79. The second kappa shape index (κ2) is 7.33. The van der Waals surface area contributed by atoms with Gasteiger partial charge in [-0.2, -0.15) is 0 Å². The lowest BCUT2D eigenvalue weighted by atomic mass is 9.88. The zero-order valence-corrected chi connectivity index (χ0v) is 15.6. The summed E-state index contributed by atoms with van der Waals surface area (Å²) in [7, 11) is 0. The van der Waals surface area contributed by atoms with Crippen molar-refractivity contribution < 1.29 is 9.59 Å². The lowest BCUT2D eigenvalue weighted by Crippen LogP contribution is -2.41. The number of rotatable bonds is 2. The topological polar surface area (TPSA) is 66.4 Å². The van der Waals surface area contributed by atoms with Crippen LogP contribution in [0.5, 0.6) is 0 Å². The minimum Gasteiger partial charge on any atom is -0.338 e. The van der Waals surface area contributed by atoms with Crippen LogP contribution in [0.4, 0.5) is 0 Å². The molecule has 1 aliphatic carbocycles. The average Bonchev–Trinajstić information content (AvgIpc) is 3.17. The van der Waals surface area contributed by atoms with Crippen LogP contribution < -0.4 is 0 Å². The summed E-state index contributed by atoms with van der Waals surface area (Å²) in [4.78, 5) is 37.8.